The van der Waals surface area contributed by atoms with Gasteiger partial charge < -0.3 is 9.47 Å². The maximum Gasteiger partial charge on any atom is 0.199 e. The molecule has 1 aromatic carbocycles. The van der Waals surface area contributed by atoms with Crippen LogP contribution < -0.4 is 10.3 Å². The summed E-state index contributed by atoms with van der Waals surface area (Å²) in [5, 5.41) is 2.44. The number of allylic oxidation sites excluding steroid dienone is 1. The van der Waals surface area contributed by atoms with Crippen molar-refractivity contribution in [2.45, 2.75) is 26.3 Å². The third-order valence-corrected chi connectivity index (χ3v) is 7.63. The van der Waals surface area contributed by atoms with E-state index in [1.807, 2.05) is 22.8 Å². The fraction of sp³-hybridized carbons (Fsp3) is 0.360. The zero-order chi connectivity index (χ0) is 22.2. The van der Waals surface area contributed by atoms with Crippen molar-refractivity contribution in [2.24, 2.45) is 0 Å². The topological polar surface area (TPSA) is 45.6 Å². The Bertz CT molecular complexity index is 1270. The molecular formula is C25H26FN3O2S. The quantitative estimate of drug-likeness (QED) is 0.546. The first kappa shape index (κ1) is 21.1. The molecule has 2 aromatic heterocycles. The van der Waals surface area contributed by atoms with Crippen molar-refractivity contribution in [1.29, 1.82) is 0 Å². The predicted octanol–water partition coefficient (Wildman–Crippen LogP) is 4.19. The van der Waals surface area contributed by atoms with Crippen molar-refractivity contribution in [3.8, 4) is 0 Å². The van der Waals surface area contributed by atoms with Gasteiger partial charge in [0.15, 0.2) is 11.7 Å². The van der Waals surface area contributed by atoms with Crippen LogP contribution in [0.5, 0.6) is 0 Å². The maximum absolute atomic E-state index is 15.1. The third kappa shape index (κ3) is 3.69. The SMILES string of the molecule is CCn1cc(C=O)c(=O)c2cc(F)c(N3CCN(CC4=CCCc5ccsc54)CC3)cc21. The van der Waals surface area contributed by atoms with E-state index in [2.05, 4.69) is 27.3 Å². The number of hydrogen-bond acceptors (Lipinski definition) is 5. The van der Waals surface area contributed by atoms with E-state index in [4.69, 9.17) is 0 Å². The summed E-state index contributed by atoms with van der Waals surface area (Å²) >= 11 is 1.83. The van der Waals surface area contributed by atoms with Crippen molar-refractivity contribution >= 4 is 39.8 Å². The first-order valence-electron chi connectivity index (χ1n) is 11.1. The lowest BCUT2D eigenvalue weighted by Crippen LogP contribution is -2.47. The number of nitrogens with zero attached hydrogens (tertiary/aromatic N) is 3. The fourth-order valence-electron chi connectivity index (χ4n) is 4.84. The molecule has 1 fully saturated rings. The highest BCUT2D eigenvalue weighted by Gasteiger charge is 2.23. The summed E-state index contributed by atoms with van der Waals surface area (Å²) < 4.78 is 16.9. The van der Waals surface area contributed by atoms with Gasteiger partial charge in [-0.2, -0.15) is 0 Å². The number of anilines is 1. The Kier molecular flexibility index (Phi) is 5.69. The third-order valence-electron chi connectivity index (χ3n) is 6.59. The number of pyridine rings is 1. The molecule has 0 radical (unpaired) electrons. The number of halogens is 1. The molecule has 0 amide bonds. The van der Waals surface area contributed by atoms with Crippen molar-refractivity contribution in [3.63, 3.8) is 0 Å². The number of thiophene rings is 1. The maximum atomic E-state index is 15.1. The summed E-state index contributed by atoms with van der Waals surface area (Å²) in [5.41, 5.74) is 3.72. The molecule has 5 rings (SSSR count). The van der Waals surface area contributed by atoms with E-state index >= 15 is 4.39 Å². The van der Waals surface area contributed by atoms with Gasteiger partial charge in [0.1, 0.15) is 5.82 Å². The standard InChI is InChI=1S/C25H26FN3O2S/c1-2-28-15-19(16-30)24(31)20-12-21(26)23(13-22(20)28)29-9-7-27(8-10-29)14-18-5-3-4-17-6-11-32-25(17)18/h5-6,11-13,15-16H,2-4,7-10,14H2,1H3. The van der Waals surface area contributed by atoms with Gasteiger partial charge in [-0.3, -0.25) is 14.5 Å². The van der Waals surface area contributed by atoms with Crippen LogP contribution in [-0.4, -0.2) is 48.5 Å². The Labute approximate surface area is 190 Å². The smallest absolute Gasteiger partial charge is 0.199 e. The minimum Gasteiger partial charge on any atom is -0.367 e. The van der Waals surface area contributed by atoms with E-state index in [0.717, 1.165) is 45.6 Å². The lowest BCUT2D eigenvalue weighted by atomic mass is 9.98. The number of aldehydes is 1. The molecule has 1 aliphatic heterocycles. The summed E-state index contributed by atoms with van der Waals surface area (Å²) in [6.07, 6.45) is 6.71. The zero-order valence-electron chi connectivity index (χ0n) is 18.1. The molecule has 0 N–H and O–H groups in total. The summed E-state index contributed by atoms with van der Waals surface area (Å²) in [7, 11) is 0. The van der Waals surface area contributed by atoms with E-state index in [1.165, 1.54) is 22.1 Å². The van der Waals surface area contributed by atoms with Gasteiger partial charge in [0, 0.05) is 55.7 Å². The largest absolute Gasteiger partial charge is 0.367 e. The van der Waals surface area contributed by atoms with Crippen LogP contribution in [0.4, 0.5) is 10.1 Å². The molecular weight excluding hydrogens is 425 g/mol. The zero-order valence-corrected chi connectivity index (χ0v) is 19.0. The molecule has 3 heterocycles. The molecule has 7 heteroatoms. The minimum atomic E-state index is -0.413. The Morgan fingerprint density at radius 1 is 1.19 bits per heavy atom. The second-order valence-electron chi connectivity index (χ2n) is 8.44. The number of rotatable bonds is 5. The molecule has 166 valence electrons. The molecule has 0 spiro atoms. The molecule has 0 bridgehead atoms. The molecule has 32 heavy (non-hydrogen) atoms. The summed E-state index contributed by atoms with van der Waals surface area (Å²) in [6.45, 7) is 6.66. The number of benzene rings is 1. The van der Waals surface area contributed by atoms with Gasteiger partial charge in [0.05, 0.1) is 16.8 Å². The van der Waals surface area contributed by atoms with Crippen LogP contribution >= 0.6 is 11.3 Å². The molecule has 5 nitrogen and oxygen atoms in total. The Morgan fingerprint density at radius 3 is 2.75 bits per heavy atom. The van der Waals surface area contributed by atoms with Crippen LogP contribution in [0.25, 0.3) is 16.5 Å². The Balaban J connectivity index is 1.36. The normalized spacial score (nSPS) is 16.8. The molecule has 1 aliphatic carbocycles. The van der Waals surface area contributed by atoms with E-state index in [-0.39, 0.29) is 10.9 Å². The van der Waals surface area contributed by atoms with Gasteiger partial charge in [-0.15, -0.1) is 11.3 Å². The van der Waals surface area contributed by atoms with Crippen LogP contribution in [0.1, 0.15) is 34.1 Å². The average Bonchev–Trinajstić information content (AvgIpc) is 3.30. The number of aromatic nitrogens is 1. The summed E-state index contributed by atoms with van der Waals surface area (Å²) in [4.78, 5) is 29.7. The number of hydrogen-bond donors (Lipinski definition) is 0. The lowest BCUT2D eigenvalue weighted by molar-refractivity contribution is 0.112. The summed E-state index contributed by atoms with van der Waals surface area (Å²) in [6, 6.07) is 5.30. The van der Waals surface area contributed by atoms with E-state index in [1.54, 1.807) is 12.3 Å². The highest BCUT2D eigenvalue weighted by molar-refractivity contribution is 7.11. The summed E-state index contributed by atoms with van der Waals surface area (Å²) in [5.74, 6) is -0.410. The molecule has 3 aromatic rings. The number of carbonyl (C=O) groups excluding carboxylic acids is 1. The van der Waals surface area contributed by atoms with Crippen LogP contribution in [0.15, 0.2) is 40.6 Å². The van der Waals surface area contributed by atoms with Gasteiger partial charge in [0.25, 0.3) is 0 Å². The van der Waals surface area contributed by atoms with Crippen molar-refractivity contribution in [1.82, 2.24) is 9.47 Å². The number of piperazine rings is 1. The van der Waals surface area contributed by atoms with E-state index < -0.39 is 11.2 Å². The Hall–Kier alpha value is -2.77. The van der Waals surface area contributed by atoms with E-state index in [0.29, 0.717) is 24.0 Å². The molecule has 0 unspecified atom stereocenters. The molecule has 0 atom stereocenters. The predicted molar refractivity (Wildman–Crippen MR) is 128 cm³/mol. The van der Waals surface area contributed by atoms with Crippen LogP contribution in [0, 0.1) is 5.82 Å². The Morgan fingerprint density at radius 2 is 2.00 bits per heavy atom. The number of carbonyl (C=O) groups is 1. The van der Waals surface area contributed by atoms with Crippen molar-refractivity contribution < 1.29 is 9.18 Å². The monoisotopic (exact) mass is 451 g/mol. The lowest BCUT2D eigenvalue weighted by Gasteiger charge is -2.37. The second kappa shape index (κ2) is 8.64. The van der Waals surface area contributed by atoms with E-state index in [9.17, 15) is 9.59 Å². The van der Waals surface area contributed by atoms with Crippen LogP contribution in [0.3, 0.4) is 0 Å². The average molecular weight is 452 g/mol. The highest BCUT2D eigenvalue weighted by atomic mass is 32.1. The van der Waals surface area contributed by atoms with Crippen molar-refractivity contribution in [3.05, 3.63) is 67.9 Å². The van der Waals surface area contributed by atoms with Gasteiger partial charge in [-0.25, -0.2) is 4.39 Å². The van der Waals surface area contributed by atoms with Crippen LogP contribution in [0.2, 0.25) is 0 Å². The minimum absolute atomic E-state index is 0.0611. The van der Waals surface area contributed by atoms with Gasteiger partial charge >= 0.3 is 0 Å². The molecule has 1 saturated heterocycles. The molecule has 2 aliphatic rings. The number of fused-ring (bicyclic) bond motifs is 2. The fourth-order valence-corrected chi connectivity index (χ4v) is 5.83. The molecule has 0 saturated carbocycles. The first-order valence-corrected chi connectivity index (χ1v) is 12.0. The number of aryl methyl sites for hydroxylation is 2. The van der Waals surface area contributed by atoms with Crippen molar-refractivity contribution in [2.75, 3.05) is 37.6 Å². The van der Waals surface area contributed by atoms with Crippen LogP contribution in [-0.2, 0) is 13.0 Å². The second-order valence-corrected chi connectivity index (χ2v) is 9.36. The highest BCUT2D eigenvalue weighted by Crippen LogP contribution is 2.32. The van der Waals surface area contributed by atoms with Gasteiger partial charge in [-0.1, -0.05) is 6.08 Å². The first-order chi connectivity index (χ1) is 15.6. The van der Waals surface area contributed by atoms with Gasteiger partial charge in [0.2, 0.25) is 0 Å². The van der Waals surface area contributed by atoms with Gasteiger partial charge in [-0.05, 0) is 54.5 Å².